The lowest BCUT2D eigenvalue weighted by Crippen LogP contribution is -2.16. The molecule has 23 heavy (non-hydrogen) atoms. The Morgan fingerprint density at radius 3 is 2.61 bits per heavy atom. The predicted octanol–water partition coefficient (Wildman–Crippen LogP) is 3.32. The van der Waals surface area contributed by atoms with Gasteiger partial charge in [0.05, 0.1) is 12.7 Å². The third-order valence-electron chi connectivity index (χ3n) is 3.48. The van der Waals surface area contributed by atoms with Gasteiger partial charge in [0.2, 0.25) is 0 Å². The lowest BCUT2D eigenvalue weighted by atomic mass is 9.90. The molecule has 0 aromatic heterocycles. The Bertz CT molecular complexity index is 726. The highest BCUT2D eigenvalue weighted by atomic mass is 16.7. The van der Waals surface area contributed by atoms with E-state index in [1.807, 2.05) is 13.8 Å². The summed E-state index contributed by atoms with van der Waals surface area (Å²) < 4.78 is 5.07. The molecule has 0 radical (unpaired) electrons. The summed E-state index contributed by atoms with van der Waals surface area (Å²) in [5.41, 5.74) is 2.13. The van der Waals surface area contributed by atoms with E-state index in [-0.39, 0.29) is 11.7 Å². The van der Waals surface area contributed by atoms with Crippen molar-refractivity contribution in [3.63, 3.8) is 0 Å². The summed E-state index contributed by atoms with van der Waals surface area (Å²) in [4.78, 5) is 28.9. The van der Waals surface area contributed by atoms with Gasteiger partial charge in [0.1, 0.15) is 11.5 Å². The summed E-state index contributed by atoms with van der Waals surface area (Å²) in [6.07, 6.45) is 3.18. The minimum Gasteiger partial charge on any atom is -0.497 e. The second-order valence-corrected chi connectivity index (χ2v) is 5.53. The summed E-state index contributed by atoms with van der Waals surface area (Å²) in [5.74, 6) is 0.0238. The standard InChI is InChI=1S/C18H19NO4/c1-11(2)15-10-16(12(3)8-17(15)20)19-23-18(21)13-6-5-7-14(9-13)22-4/h5-11H,1-4H3/b19-16+. The third-order valence-corrected chi connectivity index (χ3v) is 3.48. The average molecular weight is 313 g/mol. The van der Waals surface area contributed by atoms with Crippen molar-refractivity contribution < 1.29 is 19.2 Å². The molecule has 5 heteroatoms. The van der Waals surface area contributed by atoms with Crippen molar-refractivity contribution >= 4 is 17.5 Å². The van der Waals surface area contributed by atoms with Crippen LogP contribution in [0.1, 0.15) is 31.1 Å². The molecule has 1 aliphatic rings. The molecule has 0 heterocycles. The second kappa shape index (κ2) is 7.05. The van der Waals surface area contributed by atoms with Crippen LogP contribution in [-0.4, -0.2) is 24.6 Å². The molecule has 0 unspecified atom stereocenters. The maximum atomic E-state index is 12.0. The van der Waals surface area contributed by atoms with E-state index in [1.165, 1.54) is 13.2 Å². The Morgan fingerprint density at radius 1 is 1.22 bits per heavy atom. The first-order chi connectivity index (χ1) is 10.9. The number of rotatable bonds is 4. The van der Waals surface area contributed by atoms with Crippen molar-refractivity contribution in [1.29, 1.82) is 0 Å². The fourth-order valence-electron chi connectivity index (χ4n) is 2.13. The van der Waals surface area contributed by atoms with Gasteiger partial charge < -0.3 is 9.57 Å². The van der Waals surface area contributed by atoms with Gasteiger partial charge in [-0.2, -0.15) is 0 Å². The maximum Gasteiger partial charge on any atom is 0.365 e. The smallest absolute Gasteiger partial charge is 0.365 e. The van der Waals surface area contributed by atoms with Crippen molar-refractivity contribution in [2.45, 2.75) is 20.8 Å². The third kappa shape index (κ3) is 3.94. The van der Waals surface area contributed by atoms with Gasteiger partial charge in [-0.3, -0.25) is 4.79 Å². The summed E-state index contributed by atoms with van der Waals surface area (Å²) in [6.45, 7) is 5.61. The Morgan fingerprint density at radius 2 is 1.96 bits per heavy atom. The van der Waals surface area contributed by atoms with E-state index < -0.39 is 5.97 Å². The van der Waals surface area contributed by atoms with E-state index in [0.717, 1.165) is 0 Å². The number of hydrogen-bond acceptors (Lipinski definition) is 5. The van der Waals surface area contributed by atoms with E-state index in [0.29, 0.717) is 28.2 Å². The van der Waals surface area contributed by atoms with E-state index in [9.17, 15) is 9.59 Å². The number of ether oxygens (including phenoxy) is 1. The maximum absolute atomic E-state index is 12.0. The molecule has 1 aromatic rings. The zero-order valence-electron chi connectivity index (χ0n) is 13.6. The van der Waals surface area contributed by atoms with Gasteiger partial charge >= 0.3 is 5.97 Å². The Kier molecular flexibility index (Phi) is 5.11. The Hall–Kier alpha value is -2.69. The van der Waals surface area contributed by atoms with Crippen molar-refractivity contribution in [3.8, 4) is 5.75 Å². The molecule has 0 fully saturated rings. The number of methoxy groups -OCH3 is 1. The quantitative estimate of drug-likeness (QED) is 0.486. The van der Waals surface area contributed by atoms with Crippen LogP contribution in [0.4, 0.5) is 0 Å². The van der Waals surface area contributed by atoms with Crippen molar-refractivity contribution in [2.24, 2.45) is 11.1 Å². The van der Waals surface area contributed by atoms with Gasteiger partial charge in [-0.25, -0.2) is 4.79 Å². The second-order valence-electron chi connectivity index (χ2n) is 5.53. The number of benzene rings is 1. The van der Waals surface area contributed by atoms with Crippen LogP contribution in [0.15, 0.2) is 52.7 Å². The zero-order valence-corrected chi connectivity index (χ0v) is 13.6. The molecule has 0 atom stereocenters. The molecular weight excluding hydrogens is 294 g/mol. The van der Waals surface area contributed by atoms with Crippen LogP contribution in [-0.2, 0) is 9.63 Å². The number of nitrogens with zero attached hydrogens (tertiary/aromatic N) is 1. The molecule has 1 aliphatic carbocycles. The van der Waals surface area contributed by atoms with Gasteiger partial charge in [0.15, 0.2) is 5.78 Å². The van der Waals surface area contributed by atoms with Gasteiger partial charge in [0.25, 0.3) is 0 Å². The molecule has 0 aliphatic heterocycles. The van der Waals surface area contributed by atoms with Crippen LogP contribution in [0.5, 0.6) is 5.75 Å². The highest BCUT2D eigenvalue weighted by Crippen LogP contribution is 2.20. The molecule has 0 saturated heterocycles. The first-order valence-corrected chi connectivity index (χ1v) is 7.30. The molecule has 120 valence electrons. The molecule has 0 N–H and O–H groups in total. The molecule has 5 nitrogen and oxygen atoms in total. The Labute approximate surface area is 135 Å². The van der Waals surface area contributed by atoms with Crippen LogP contribution in [0.2, 0.25) is 0 Å². The van der Waals surface area contributed by atoms with E-state index in [1.54, 1.807) is 37.3 Å². The fraction of sp³-hybridized carbons (Fsp3) is 0.278. The monoisotopic (exact) mass is 313 g/mol. The number of allylic oxidation sites excluding steroid dienone is 4. The minimum absolute atomic E-state index is 0.0319. The SMILES string of the molecule is COc1cccc(C(=O)O/N=C2\C=C(C(C)C)C(=O)C=C2C)c1. The first-order valence-electron chi connectivity index (χ1n) is 7.30. The van der Waals surface area contributed by atoms with E-state index >= 15 is 0 Å². The predicted molar refractivity (Wildman–Crippen MR) is 87.5 cm³/mol. The fourth-order valence-corrected chi connectivity index (χ4v) is 2.13. The van der Waals surface area contributed by atoms with Gasteiger partial charge in [-0.15, -0.1) is 0 Å². The molecular formula is C18H19NO4. The van der Waals surface area contributed by atoms with Crippen LogP contribution < -0.4 is 4.74 Å². The summed E-state index contributed by atoms with van der Waals surface area (Å²) in [5, 5.41) is 3.89. The van der Waals surface area contributed by atoms with Crippen LogP contribution in [0, 0.1) is 5.92 Å². The number of carbonyl (C=O) groups excluding carboxylic acids is 2. The molecule has 0 saturated carbocycles. The largest absolute Gasteiger partial charge is 0.497 e. The van der Waals surface area contributed by atoms with Gasteiger partial charge in [-0.05, 0) is 48.8 Å². The minimum atomic E-state index is -0.583. The number of ketones is 1. The summed E-state index contributed by atoms with van der Waals surface area (Å²) in [7, 11) is 1.52. The van der Waals surface area contributed by atoms with Crippen LogP contribution in [0.25, 0.3) is 0 Å². The Balaban J connectivity index is 2.19. The number of hydrogen-bond donors (Lipinski definition) is 0. The van der Waals surface area contributed by atoms with Crippen molar-refractivity contribution in [2.75, 3.05) is 7.11 Å². The molecule has 0 amide bonds. The van der Waals surface area contributed by atoms with E-state index in [4.69, 9.17) is 9.57 Å². The van der Waals surface area contributed by atoms with Gasteiger partial charge in [-0.1, -0.05) is 25.1 Å². The average Bonchev–Trinajstić information content (AvgIpc) is 2.53. The number of oxime groups is 1. The van der Waals surface area contributed by atoms with E-state index in [2.05, 4.69) is 5.16 Å². The molecule has 0 spiro atoms. The molecule has 1 aromatic carbocycles. The summed E-state index contributed by atoms with van der Waals surface area (Å²) in [6, 6.07) is 6.63. The van der Waals surface area contributed by atoms with Crippen LogP contribution in [0.3, 0.4) is 0 Å². The topological polar surface area (TPSA) is 65.0 Å². The molecule has 0 bridgehead atoms. The highest BCUT2D eigenvalue weighted by Gasteiger charge is 2.19. The van der Waals surface area contributed by atoms with Crippen molar-refractivity contribution in [1.82, 2.24) is 0 Å². The zero-order chi connectivity index (χ0) is 17.0. The molecule has 2 rings (SSSR count). The summed E-state index contributed by atoms with van der Waals surface area (Å²) >= 11 is 0. The number of carbonyl (C=O) groups is 2. The van der Waals surface area contributed by atoms with Crippen molar-refractivity contribution in [3.05, 3.63) is 53.1 Å². The lowest BCUT2D eigenvalue weighted by Gasteiger charge is -2.14. The highest BCUT2D eigenvalue weighted by molar-refractivity contribution is 6.21. The van der Waals surface area contributed by atoms with Gasteiger partial charge in [0, 0.05) is 5.57 Å². The normalized spacial score (nSPS) is 16.2. The lowest BCUT2D eigenvalue weighted by molar-refractivity contribution is -0.111. The van der Waals surface area contributed by atoms with Crippen LogP contribution >= 0.6 is 0 Å². The first kappa shape index (κ1) is 16.7.